The second-order valence-corrected chi connectivity index (χ2v) is 8.88. The van der Waals surface area contributed by atoms with E-state index >= 15 is 0 Å². The van der Waals surface area contributed by atoms with Gasteiger partial charge in [-0.25, -0.2) is 4.90 Å². The smallest absolute Gasteiger partial charge is 0.271 e. The summed E-state index contributed by atoms with van der Waals surface area (Å²) >= 11 is 0. The summed E-state index contributed by atoms with van der Waals surface area (Å²) in [5, 5.41) is 11.4. The van der Waals surface area contributed by atoms with Crippen LogP contribution < -0.4 is 4.90 Å². The molecule has 3 aromatic rings. The lowest BCUT2D eigenvalue weighted by Gasteiger charge is -2.51. The zero-order valence-corrected chi connectivity index (χ0v) is 17.6. The van der Waals surface area contributed by atoms with Crippen LogP contribution in [0.4, 0.5) is 11.4 Å². The fourth-order valence-electron chi connectivity index (χ4n) is 6.22. The predicted octanol–water partition coefficient (Wildman–Crippen LogP) is 3.65. The number of rotatable bonds is 3. The SMILES string of the molecule is Cc1ccc([N+](=O)[O-])cc1N1C(=O)[C@H]2C3c4ccccc4C(C=O)(c4ccccc43)[C@H]2C1=O. The zero-order chi connectivity index (χ0) is 23.1. The average molecular weight is 438 g/mol. The molecular weight excluding hydrogens is 420 g/mol. The summed E-state index contributed by atoms with van der Waals surface area (Å²) < 4.78 is 0. The van der Waals surface area contributed by atoms with Gasteiger partial charge in [0.15, 0.2) is 0 Å². The van der Waals surface area contributed by atoms with Crippen LogP contribution in [0.15, 0.2) is 66.7 Å². The van der Waals surface area contributed by atoms with Gasteiger partial charge in [0, 0.05) is 18.1 Å². The highest BCUT2D eigenvalue weighted by Crippen LogP contribution is 2.63. The second-order valence-electron chi connectivity index (χ2n) is 8.88. The molecule has 7 heteroatoms. The number of benzene rings is 3. The Hall–Kier alpha value is -4.13. The molecule has 162 valence electrons. The van der Waals surface area contributed by atoms with Crippen molar-refractivity contribution in [1.29, 1.82) is 0 Å². The summed E-state index contributed by atoms with van der Waals surface area (Å²) in [5.41, 5.74) is 2.54. The highest BCUT2D eigenvalue weighted by molar-refractivity contribution is 6.25. The molecule has 1 saturated heterocycles. The Morgan fingerprint density at radius 3 is 2.12 bits per heavy atom. The number of nitro groups is 1. The first kappa shape index (κ1) is 19.5. The topological polar surface area (TPSA) is 97.6 Å². The van der Waals surface area contributed by atoms with Gasteiger partial charge in [0.1, 0.15) is 6.29 Å². The largest absolute Gasteiger partial charge is 0.302 e. The molecule has 4 aliphatic rings. The summed E-state index contributed by atoms with van der Waals surface area (Å²) in [5.74, 6) is -2.95. The standard InChI is InChI=1S/C26H18N2O5/c1-14-10-11-15(28(32)33)12-20(14)27-24(30)22-21-16-6-2-4-8-18(16)26(13-29,23(22)25(27)31)19-9-5-3-7-17(19)21/h2-13,21-23H,1H3/t21?,22-,23+,26?/m0/s1. The van der Waals surface area contributed by atoms with E-state index < -0.39 is 34.0 Å². The maximum Gasteiger partial charge on any atom is 0.271 e. The minimum atomic E-state index is -1.29. The first-order chi connectivity index (χ1) is 15.9. The van der Waals surface area contributed by atoms with Gasteiger partial charge in [-0.2, -0.15) is 0 Å². The molecule has 1 heterocycles. The van der Waals surface area contributed by atoms with E-state index in [0.717, 1.165) is 33.4 Å². The number of aryl methyl sites for hydroxylation is 1. The van der Waals surface area contributed by atoms with Crippen molar-refractivity contribution in [3.05, 3.63) is 105 Å². The first-order valence-electron chi connectivity index (χ1n) is 10.7. The Morgan fingerprint density at radius 1 is 0.939 bits per heavy atom. The Balaban J connectivity index is 1.63. The lowest BCUT2D eigenvalue weighted by Crippen LogP contribution is -2.54. The Bertz CT molecular complexity index is 1360. The molecule has 3 aliphatic carbocycles. The van der Waals surface area contributed by atoms with Crippen molar-refractivity contribution in [2.45, 2.75) is 18.3 Å². The first-order valence-corrected chi connectivity index (χ1v) is 10.7. The van der Waals surface area contributed by atoms with Gasteiger partial charge in [0.25, 0.3) is 5.69 Å². The van der Waals surface area contributed by atoms with Crippen molar-refractivity contribution in [2.24, 2.45) is 11.8 Å². The van der Waals surface area contributed by atoms with Gasteiger partial charge >= 0.3 is 0 Å². The molecule has 2 amide bonds. The van der Waals surface area contributed by atoms with E-state index in [1.807, 2.05) is 48.5 Å². The van der Waals surface area contributed by atoms with Gasteiger partial charge < -0.3 is 4.79 Å². The van der Waals surface area contributed by atoms with Gasteiger partial charge in [0.05, 0.1) is 27.9 Å². The van der Waals surface area contributed by atoms with Crippen LogP contribution in [0.1, 0.15) is 33.7 Å². The molecule has 0 N–H and O–H groups in total. The van der Waals surface area contributed by atoms with E-state index in [1.54, 1.807) is 6.92 Å². The fraction of sp³-hybridized carbons (Fsp3) is 0.192. The Morgan fingerprint density at radius 2 is 1.55 bits per heavy atom. The van der Waals surface area contributed by atoms with Crippen molar-refractivity contribution < 1.29 is 19.3 Å². The van der Waals surface area contributed by atoms with Gasteiger partial charge in [-0.3, -0.25) is 19.7 Å². The molecule has 3 aromatic carbocycles. The zero-order valence-electron chi connectivity index (χ0n) is 17.6. The van der Waals surface area contributed by atoms with Gasteiger partial charge in [-0.15, -0.1) is 0 Å². The molecule has 0 saturated carbocycles. The number of non-ortho nitro benzene ring substituents is 1. The van der Waals surface area contributed by atoms with Crippen molar-refractivity contribution in [1.82, 2.24) is 0 Å². The molecule has 1 aliphatic heterocycles. The molecule has 0 spiro atoms. The van der Waals surface area contributed by atoms with Crippen LogP contribution in [-0.4, -0.2) is 23.0 Å². The third kappa shape index (κ3) is 2.21. The summed E-state index contributed by atoms with van der Waals surface area (Å²) in [4.78, 5) is 52.6. The van der Waals surface area contributed by atoms with E-state index in [9.17, 15) is 24.5 Å². The average Bonchev–Trinajstić information content (AvgIpc) is 3.10. The summed E-state index contributed by atoms with van der Waals surface area (Å²) in [7, 11) is 0. The van der Waals surface area contributed by atoms with E-state index in [0.29, 0.717) is 5.56 Å². The number of imide groups is 1. The normalized spacial score (nSPS) is 26.6. The lowest BCUT2D eigenvalue weighted by atomic mass is 9.48. The number of amides is 2. The number of nitrogens with zero attached hydrogens (tertiary/aromatic N) is 2. The molecule has 0 aromatic heterocycles. The van der Waals surface area contributed by atoms with E-state index in [4.69, 9.17) is 0 Å². The van der Waals surface area contributed by atoms with Crippen molar-refractivity contribution in [2.75, 3.05) is 4.90 Å². The van der Waals surface area contributed by atoms with Crippen molar-refractivity contribution in [3.63, 3.8) is 0 Å². The maximum absolute atomic E-state index is 13.9. The van der Waals surface area contributed by atoms with E-state index in [2.05, 4.69) is 0 Å². The highest BCUT2D eigenvalue weighted by Gasteiger charge is 2.68. The molecule has 7 nitrogen and oxygen atoms in total. The fourth-order valence-corrected chi connectivity index (χ4v) is 6.22. The molecule has 0 radical (unpaired) electrons. The van der Waals surface area contributed by atoms with Crippen LogP contribution in [0.3, 0.4) is 0 Å². The van der Waals surface area contributed by atoms with Crippen LogP contribution in [0.25, 0.3) is 0 Å². The summed E-state index contributed by atoms with van der Waals surface area (Å²) in [6, 6.07) is 19.1. The number of anilines is 1. The quantitative estimate of drug-likeness (QED) is 0.269. The van der Waals surface area contributed by atoms with E-state index in [1.165, 1.54) is 18.2 Å². The monoisotopic (exact) mass is 438 g/mol. The molecule has 7 rings (SSSR count). The summed E-state index contributed by atoms with van der Waals surface area (Å²) in [6.45, 7) is 1.70. The van der Waals surface area contributed by atoms with Crippen LogP contribution >= 0.6 is 0 Å². The number of carbonyl (C=O) groups is 3. The highest BCUT2D eigenvalue weighted by atomic mass is 16.6. The molecule has 0 unspecified atom stereocenters. The van der Waals surface area contributed by atoms with Crippen molar-refractivity contribution in [3.8, 4) is 0 Å². The number of carbonyl (C=O) groups excluding carboxylic acids is 3. The van der Waals surface area contributed by atoms with Crippen LogP contribution in [-0.2, 0) is 19.8 Å². The third-order valence-corrected chi connectivity index (χ3v) is 7.51. The minimum absolute atomic E-state index is 0.196. The number of nitro benzene ring substituents is 1. The van der Waals surface area contributed by atoms with Crippen LogP contribution in [0, 0.1) is 28.9 Å². The Labute approximate surface area is 188 Å². The number of hydrogen-bond acceptors (Lipinski definition) is 5. The number of hydrogen-bond donors (Lipinski definition) is 0. The molecule has 33 heavy (non-hydrogen) atoms. The number of aldehydes is 1. The van der Waals surface area contributed by atoms with Gasteiger partial charge in [-0.1, -0.05) is 54.6 Å². The lowest BCUT2D eigenvalue weighted by molar-refractivity contribution is -0.384. The predicted molar refractivity (Wildman–Crippen MR) is 119 cm³/mol. The molecular formula is C26H18N2O5. The summed E-state index contributed by atoms with van der Waals surface area (Å²) in [6.07, 6.45) is 0.812. The van der Waals surface area contributed by atoms with Crippen molar-refractivity contribution >= 4 is 29.5 Å². The van der Waals surface area contributed by atoms with Crippen LogP contribution in [0.2, 0.25) is 0 Å². The van der Waals surface area contributed by atoms with Crippen LogP contribution in [0.5, 0.6) is 0 Å². The second kappa shape index (κ2) is 6.45. The maximum atomic E-state index is 13.9. The molecule has 2 atom stereocenters. The van der Waals surface area contributed by atoms with Gasteiger partial charge in [0.2, 0.25) is 11.8 Å². The molecule has 2 bridgehead atoms. The van der Waals surface area contributed by atoms with Gasteiger partial charge in [-0.05, 0) is 34.7 Å². The molecule has 1 fully saturated rings. The third-order valence-electron chi connectivity index (χ3n) is 7.51. The minimum Gasteiger partial charge on any atom is -0.302 e. The van der Waals surface area contributed by atoms with E-state index in [-0.39, 0.29) is 17.3 Å². The Kier molecular flexibility index (Phi) is 3.82.